The Balaban J connectivity index is 3.16. The summed E-state index contributed by atoms with van der Waals surface area (Å²) >= 11 is 0. The molecule has 1 rings (SSSR count). The van der Waals surface area contributed by atoms with Crippen LogP contribution in [0.5, 0.6) is 11.5 Å². The lowest BCUT2D eigenvalue weighted by Crippen LogP contribution is -2.29. The molecule has 1 N–H and O–H groups in total. The van der Waals surface area contributed by atoms with E-state index in [1.165, 1.54) is 0 Å². The first kappa shape index (κ1) is 13.8. The maximum atomic E-state index is 10.5. The average molecular weight is 240 g/mol. The van der Waals surface area contributed by atoms with E-state index in [-0.39, 0.29) is 6.61 Å². The van der Waals surface area contributed by atoms with E-state index in [4.69, 9.17) is 14.2 Å². The Labute approximate surface area is 102 Å². The highest BCUT2D eigenvalue weighted by Gasteiger charge is 2.30. The molecule has 1 aromatic carbocycles. The van der Waals surface area contributed by atoms with Gasteiger partial charge < -0.3 is 19.3 Å². The molecule has 1 atom stereocenters. The second-order valence-corrected chi connectivity index (χ2v) is 3.95. The summed E-state index contributed by atoms with van der Waals surface area (Å²) in [5.41, 5.74) is -0.535. The van der Waals surface area contributed by atoms with Crippen molar-refractivity contribution in [2.45, 2.75) is 19.4 Å². The van der Waals surface area contributed by atoms with Gasteiger partial charge in [0.15, 0.2) is 0 Å². The molecule has 0 saturated carbocycles. The monoisotopic (exact) mass is 240 g/mol. The normalized spacial score (nSPS) is 14.2. The van der Waals surface area contributed by atoms with Crippen molar-refractivity contribution < 1.29 is 19.3 Å². The zero-order valence-electron chi connectivity index (χ0n) is 10.8. The molecule has 0 heterocycles. The summed E-state index contributed by atoms with van der Waals surface area (Å²) in [7, 11) is 3.13. The molecule has 0 aliphatic carbocycles. The van der Waals surface area contributed by atoms with Gasteiger partial charge in [0.25, 0.3) is 0 Å². The third-order valence-corrected chi connectivity index (χ3v) is 2.55. The van der Waals surface area contributed by atoms with Crippen molar-refractivity contribution in [2.75, 3.05) is 27.4 Å². The van der Waals surface area contributed by atoms with Crippen molar-refractivity contribution in [3.63, 3.8) is 0 Å². The Morgan fingerprint density at radius 3 is 2.12 bits per heavy atom. The molecule has 17 heavy (non-hydrogen) atoms. The topological polar surface area (TPSA) is 47.9 Å². The van der Waals surface area contributed by atoms with Gasteiger partial charge in [0.05, 0.1) is 26.4 Å². The Kier molecular flexibility index (Phi) is 4.78. The van der Waals surface area contributed by atoms with E-state index in [9.17, 15) is 5.11 Å². The van der Waals surface area contributed by atoms with Crippen molar-refractivity contribution in [2.24, 2.45) is 0 Å². The van der Waals surface area contributed by atoms with Crippen LogP contribution < -0.4 is 9.47 Å². The SMILES string of the molecule is CCOCC(C)(O)c1c(OC)cccc1OC. The largest absolute Gasteiger partial charge is 0.496 e. The zero-order valence-corrected chi connectivity index (χ0v) is 10.8. The summed E-state index contributed by atoms with van der Waals surface area (Å²) in [6, 6.07) is 5.40. The van der Waals surface area contributed by atoms with Gasteiger partial charge in [-0.05, 0) is 26.0 Å². The summed E-state index contributed by atoms with van der Waals surface area (Å²) in [4.78, 5) is 0. The van der Waals surface area contributed by atoms with Crippen molar-refractivity contribution in [1.82, 2.24) is 0 Å². The van der Waals surface area contributed by atoms with Gasteiger partial charge in [0.2, 0.25) is 0 Å². The minimum atomic E-state index is -1.14. The van der Waals surface area contributed by atoms with E-state index >= 15 is 0 Å². The van der Waals surface area contributed by atoms with Crippen LogP contribution in [0.2, 0.25) is 0 Å². The molecule has 0 bridgehead atoms. The maximum absolute atomic E-state index is 10.5. The molecule has 0 aromatic heterocycles. The summed E-state index contributed by atoms with van der Waals surface area (Å²) in [5, 5.41) is 10.5. The molecule has 0 aliphatic rings. The van der Waals surface area contributed by atoms with Crippen LogP contribution in [0.25, 0.3) is 0 Å². The second-order valence-electron chi connectivity index (χ2n) is 3.95. The molecule has 0 saturated heterocycles. The number of hydrogen-bond acceptors (Lipinski definition) is 4. The van der Waals surface area contributed by atoms with Gasteiger partial charge in [-0.3, -0.25) is 0 Å². The summed E-state index contributed by atoms with van der Waals surface area (Å²) in [6.45, 7) is 4.31. The summed E-state index contributed by atoms with van der Waals surface area (Å²) < 4.78 is 15.8. The van der Waals surface area contributed by atoms with Crippen LogP contribution in [-0.4, -0.2) is 32.5 Å². The molecule has 96 valence electrons. The Morgan fingerprint density at radius 2 is 1.71 bits per heavy atom. The zero-order chi connectivity index (χ0) is 12.9. The van der Waals surface area contributed by atoms with Crippen LogP contribution in [0.1, 0.15) is 19.4 Å². The van der Waals surface area contributed by atoms with E-state index in [0.29, 0.717) is 23.7 Å². The van der Waals surface area contributed by atoms with Crippen LogP contribution in [0, 0.1) is 0 Å². The van der Waals surface area contributed by atoms with E-state index in [2.05, 4.69) is 0 Å². The average Bonchev–Trinajstić information content (AvgIpc) is 2.35. The van der Waals surface area contributed by atoms with Crippen molar-refractivity contribution in [1.29, 1.82) is 0 Å². The van der Waals surface area contributed by atoms with Gasteiger partial charge in [0.1, 0.15) is 17.1 Å². The smallest absolute Gasteiger partial charge is 0.128 e. The van der Waals surface area contributed by atoms with E-state index in [0.717, 1.165) is 0 Å². The van der Waals surface area contributed by atoms with Crippen molar-refractivity contribution in [3.8, 4) is 11.5 Å². The third-order valence-electron chi connectivity index (χ3n) is 2.55. The Hall–Kier alpha value is -1.26. The minimum absolute atomic E-state index is 0.195. The molecular formula is C13H20O4. The van der Waals surface area contributed by atoms with Crippen LogP contribution in [0.3, 0.4) is 0 Å². The van der Waals surface area contributed by atoms with Gasteiger partial charge >= 0.3 is 0 Å². The summed E-state index contributed by atoms with van der Waals surface area (Å²) in [6.07, 6.45) is 0. The first-order valence-electron chi connectivity index (χ1n) is 5.58. The first-order chi connectivity index (χ1) is 8.06. The maximum Gasteiger partial charge on any atom is 0.128 e. The molecule has 1 unspecified atom stereocenters. The molecule has 0 radical (unpaired) electrons. The number of hydrogen-bond donors (Lipinski definition) is 1. The van der Waals surface area contributed by atoms with Crippen LogP contribution in [0.15, 0.2) is 18.2 Å². The van der Waals surface area contributed by atoms with E-state index < -0.39 is 5.60 Å². The minimum Gasteiger partial charge on any atom is -0.496 e. The number of rotatable bonds is 6. The highest BCUT2D eigenvalue weighted by atomic mass is 16.5. The van der Waals surface area contributed by atoms with Gasteiger partial charge in [-0.2, -0.15) is 0 Å². The fourth-order valence-electron chi connectivity index (χ4n) is 1.75. The van der Waals surface area contributed by atoms with Crippen LogP contribution in [-0.2, 0) is 10.3 Å². The van der Waals surface area contributed by atoms with Gasteiger partial charge in [-0.15, -0.1) is 0 Å². The lowest BCUT2D eigenvalue weighted by Gasteiger charge is -2.27. The van der Waals surface area contributed by atoms with Crippen molar-refractivity contribution in [3.05, 3.63) is 23.8 Å². The standard InChI is InChI=1S/C13H20O4/c1-5-17-9-13(2,14)12-10(15-3)7-6-8-11(12)16-4/h6-8,14H,5,9H2,1-4H3. The highest BCUT2D eigenvalue weighted by Crippen LogP contribution is 2.37. The van der Waals surface area contributed by atoms with Gasteiger partial charge in [-0.25, -0.2) is 0 Å². The molecule has 0 fully saturated rings. The van der Waals surface area contributed by atoms with Crippen molar-refractivity contribution >= 4 is 0 Å². The molecule has 0 spiro atoms. The lowest BCUT2D eigenvalue weighted by molar-refractivity contribution is -0.0369. The molecular weight excluding hydrogens is 220 g/mol. The first-order valence-corrected chi connectivity index (χ1v) is 5.58. The van der Waals surface area contributed by atoms with Gasteiger partial charge in [0, 0.05) is 6.61 Å². The molecule has 4 heteroatoms. The Bertz CT molecular complexity index is 338. The second kappa shape index (κ2) is 5.89. The Morgan fingerprint density at radius 1 is 1.18 bits per heavy atom. The number of aliphatic hydroxyl groups is 1. The fraction of sp³-hybridized carbons (Fsp3) is 0.538. The predicted octanol–water partition coefficient (Wildman–Crippen LogP) is 1.95. The lowest BCUT2D eigenvalue weighted by atomic mass is 9.95. The number of benzene rings is 1. The highest BCUT2D eigenvalue weighted by molar-refractivity contribution is 5.48. The number of ether oxygens (including phenoxy) is 3. The quantitative estimate of drug-likeness (QED) is 0.825. The summed E-state index contributed by atoms with van der Waals surface area (Å²) in [5.74, 6) is 1.18. The van der Waals surface area contributed by atoms with E-state index in [1.54, 1.807) is 33.3 Å². The molecule has 1 aromatic rings. The van der Waals surface area contributed by atoms with E-state index in [1.807, 2.05) is 13.0 Å². The predicted molar refractivity (Wildman–Crippen MR) is 65.6 cm³/mol. The molecule has 0 amide bonds. The molecule has 0 aliphatic heterocycles. The van der Waals surface area contributed by atoms with Crippen LogP contribution in [0.4, 0.5) is 0 Å². The molecule has 4 nitrogen and oxygen atoms in total. The van der Waals surface area contributed by atoms with Crippen LogP contribution >= 0.6 is 0 Å². The number of methoxy groups -OCH3 is 2. The third kappa shape index (κ3) is 3.11. The van der Waals surface area contributed by atoms with Gasteiger partial charge in [-0.1, -0.05) is 6.07 Å². The fourth-order valence-corrected chi connectivity index (χ4v) is 1.75.